The van der Waals surface area contributed by atoms with Crippen LogP contribution in [0.1, 0.15) is 27.0 Å². The van der Waals surface area contributed by atoms with Crippen LogP contribution in [0.25, 0.3) is 10.2 Å². The van der Waals surface area contributed by atoms with Crippen LogP contribution in [0, 0.1) is 0 Å². The number of sulfone groups is 1. The van der Waals surface area contributed by atoms with Crippen molar-refractivity contribution >= 4 is 37.3 Å². The fraction of sp³-hybridized carbons (Fsp3) is 0.263. The monoisotopic (exact) mass is 386 g/mol. The van der Waals surface area contributed by atoms with Crippen molar-refractivity contribution in [3.8, 4) is 0 Å². The molecule has 26 heavy (non-hydrogen) atoms. The summed E-state index contributed by atoms with van der Waals surface area (Å²) in [6.45, 7) is 0.619. The molecule has 0 N–H and O–H groups in total. The van der Waals surface area contributed by atoms with E-state index in [1.54, 1.807) is 4.90 Å². The normalized spacial score (nSPS) is 20.0. The lowest BCUT2D eigenvalue weighted by atomic mass is 10.1. The Labute approximate surface area is 156 Å². The van der Waals surface area contributed by atoms with Gasteiger partial charge in [0, 0.05) is 13.1 Å². The Kier molecular flexibility index (Phi) is 4.50. The van der Waals surface area contributed by atoms with Crippen LogP contribution in [-0.4, -0.2) is 43.1 Å². The molecule has 0 radical (unpaired) electrons. The molecule has 1 aromatic heterocycles. The summed E-state index contributed by atoms with van der Waals surface area (Å²) in [6, 6.07) is 16.9. The van der Waals surface area contributed by atoms with Gasteiger partial charge in [-0.1, -0.05) is 42.5 Å². The van der Waals surface area contributed by atoms with E-state index < -0.39 is 15.1 Å². The second kappa shape index (κ2) is 6.81. The van der Waals surface area contributed by atoms with Crippen molar-refractivity contribution < 1.29 is 13.2 Å². The fourth-order valence-corrected chi connectivity index (χ4v) is 6.02. The van der Waals surface area contributed by atoms with Gasteiger partial charge in [-0.3, -0.25) is 4.79 Å². The highest BCUT2D eigenvalue weighted by Crippen LogP contribution is 2.30. The van der Waals surface area contributed by atoms with Gasteiger partial charge < -0.3 is 4.90 Å². The summed E-state index contributed by atoms with van der Waals surface area (Å²) in [5.74, 6) is -0.210. The smallest absolute Gasteiger partial charge is 0.282 e. The van der Waals surface area contributed by atoms with Crippen LogP contribution in [0.2, 0.25) is 0 Å². The third-order valence-electron chi connectivity index (χ3n) is 4.68. The number of hydrogen-bond donors (Lipinski definition) is 0. The van der Waals surface area contributed by atoms with Crippen LogP contribution in [-0.2, 0) is 9.84 Å². The maximum Gasteiger partial charge on any atom is 0.282 e. The van der Waals surface area contributed by atoms with E-state index in [1.807, 2.05) is 54.6 Å². The molecule has 0 spiro atoms. The van der Waals surface area contributed by atoms with Gasteiger partial charge in [-0.25, -0.2) is 13.4 Å². The molecule has 1 saturated heterocycles. The molecule has 2 aromatic carbocycles. The molecule has 1 aliphatic rings. The molecule has 5 nitrogen and oxygen atoms in total. The van der Waals surface area contributed by atoms with Gasteiger partial charge in [0.15, 0.2) is 14.8 Å². The number of fused-ring (bicyclic) bond motifs is 1. The van der Waals surface area contributed by atoms with Gasteiger partial charge in [0.05, 0.1) is 21.2 Å². The molecule has 4 rings (SSSR count). The summed E-state index contributed by atoms with van der Waals surface area (Å²) in [4.78, 5) is 18.9. The minimum atomic E-state index is -3.30. The molecule has 0 bridgehead atoms. The Morgan fingerprint density at radius 1 is 1.04 bits per heavy atom. The van der Waals surface area contributed by atoms with Crippen LogP contribution >= 0.6 is 11.3 Å². The number of para-hydroxylation sites is 1. The van der Waals surface area contributed by atoms with Crippen LogP contribution in [0.4, 0.5) is 0 Å². The Morgan fingerprint density at radius 2 is 1.77 bits per heavy atom. The zero-order valence-electron chi connectivity index (χ0n) is 14.0. The number of thiazole rings is 1. The first kappa shape index (κ1) is 17.2. The lowest BCUT2D eigenvalue weighted by Crippen LogP contribution is -2.33. The third kappa shape index (κ3) is 3.24. The number of carbonyl (C=O) groups excluding carboxylic acids is 1. The van der Waals surface area contributed by atoms with Crippen molar-refractivity contribution in [3.05, 3.63) is 65.2 Å². The van der Waals surface area contributed by atoms with E-state index in [0.29, 0.717) is 18.0 Å². The van der Waals surface area contributed by atoms with Gasteiger partial charge in [-0.05, 0) is 24.1 Å². The quantitative estimate of drug-likeness (QED) is 0.678. The average Bonchev–Trinajstić information content (AvgIpc) is 3.01. The minimum absolute atomic E-state index is 0.0246. The van der Waals surface area contributed by atoms with Gasteiger partial charge >= 0.3 is 0 Å². The first-order chi connectivity index (χ1) is 12.5. The molecular weight excluding hydrogens is 368 g/mol. The zero-order chi connectivity index (χ0) is 18.1. The number of amides is 1. The van der Waals surface area contributed by atoms with Crippen molar-refractivity contribution in [3.63, 3.8) is 0 Å². The highest BCUT2D eigenvalue weighted by Gasteiger charge is 2.33. The summed E-state index contributed by atoms with van der Waals surface area (Å²) >= 11 is 1.35. The molecular formula is C19H18N2O3S2. The molecule has 1 unspecified atom stereocenters. The van der Waals surface area contributed by atoms with Crippen LogP contribution in [0.3, 0.4) is 0 Å². The van der Waals surface area contributed by atoms with E-state index in [-0.39, 0.29) is 18.2 Å². The summed E-state index contributed by atoms with van der Waals surface area (Å²) in [5, 5.41) is -0.140. The molecule has 2 heterocycles. The maximum atomic E-state index is 12.9. The number of nitrogens with zero attached hydrogens (tertiary/aromatic N) is 2. The minimum Gasteiger partial charge on any atom is -0.336 e. The van der Waals surface area contributed by atoms with Gasteiger partial charge in [0.1, 0.15) is 0 Å². The Bertz CT molecular complexity index is 1010. The predicted molar refractivity (Wildman–Crippen MR) is 103 cm³/mol. The van der Waals surface area contributed by atoms with Gasteiger partial charge in [-0.15, -0.1) is 11.3 Å². The molecule has 7 heteroatoms. The molecule has 134 valence electrons. The third-order valence-corrected chi connectivity index (χ3v) is 7.83. The van der Waals surface area contributed by atoms with Gasteiger partial charge in [0.25, 0.3) is 5.91 Å². The van der Waals surface area contributed by atoms with Crippen LogP contribution in [0.5, 0.6) is 0 Å². The van der Waals surface area contributed by atoms with Crippen molar-refractivity contribution in [1.82, 2.24) is 9.88 Å². The molecule has 3 aromatic rings. The van der Waals surface area contributed by atoms with E-state index in [9.17, 15) is 13.2 Å². The summed E-state index contributed by atoms with van der Waals surface area (Å²) in [6.07, 6.45) is 0.406. The second-order valence-corrected chi connectivity index (χ2v) is 9.67. The van der Waals surface area contributed by atoms with E-state index in [2.05, 4.69) is 4.98 Å². The summed E-state index contributed by atoms with van der Waals surface area (Å²) < 4.78 is 26.4. The van der Waals surface area contributed by atoms with Crippen molar-refractivity contribution in [1.29, 1.82) is 0 Å². The SMILES string of the molecule is O=C(c1nc2ccccc2s1)N1CCC(c2ccccc2)S(=O)(=O)CC1. The van der Waals surface area contributed by atoms with E-state index in [1.165, 1.54) is 11.3 Å². The lowest BCUT2D eigenvalue weighted by molar-refractivity contribution is 0.0766. The molecule has 1 fully saturated rings. The number of benzene rings is 2. The van der Waals surface area contributed by atoms with Crippen LogP contribution in [0.15, 0.2) is 54.6 Å². The first-order valence-corrected chi connectivity index (χ1v) is 11.0. The summed E-state index contributed by atoms with van der Waals surface area (Å²) in [5.41, 5.74) is 1.59. The van der Waals surface area contributed by atoms with E-state index >= 15 is 0 Å². The molecule has 0 aliphatic carbocycles. The van der Waals surface area contributed by atoms with Crippen molar-refractivity contribution in [2.24, 2.45) is 0 Å². The molecule has 1 amide bonds. The van der Waals surface area contributed by atoms with Gasteiger partial charge in [0.2, 0.25) is 0 Å². The Morgan fingerprint density at radius 3 is 2.54 bits per heavy atom. The van der Waals surface area contributed by atoms with E-state index in [0.717, 1.165) is 15.8 Å². The topological polar surface area (TPSA) is 67.3 Å². The number of carbonyl (C=O) groups is 1. The predicted octanol–water partition coefficient (Wildman–Crippen LogP) is 3.30. The number of rotatable bonds is 2. The standard InChI is InChI=1S/C19H18N2O3S2/c22-19(18-20-15-8-4-5-9-16(15)25-18)21-11-10-17(26(23,24)13-12-21)14-6-2-1-3-7-14/h1-9,17H,10-13H2. The molecule has 0 saturated carbocycles. The van der Waals surface area contributed by atoms with Crippen molar-refractivity contribution in [2.75, 3.05) is 18.8 Å². The highest BCUT2D eigenvalue weighted by molar-refractivity contribution is 7.91. The van der Waals surface area contributed by atoms with Crippen LogP contribution < -0.4 is 0 Å². The fourth-order valence-electron chi connectivity index (χ4n) is 3.29. The molecule has 1 atom stereocenters. The average molecular weight is 386 g/mol. The van der Waals surface area contributed by atoms with Crippen molar-refractivity contribution in [2.45, 2.75) is 11.7 Å². The number of hydrogen-bond acceptors (Lipinski definition) is 5. The second-order valence-electron chi connectivity index (χ2n) is 6.33. The summed E-state index contributed by atoms with van der Waals surface area (Å²) in [7, 11) is -3.30. The first-order valence-electron chi connectivity index (χ1n) is 8.46. The Balaban J connectivity index is 1.58. The van der Waals surface area contributed by atoms with Gasteiger partial charge in [-0.2, -0.15) is 0 Å². The Hall–Kier alpha value is -2.25. The lowest BCUT2D eigenvalue weighted by Gasteiger charge is -2.18. The zero-order valence-corrected chi connectivity index (χ0v) is 15.7. The number of aromatic nitrogens is 1. The largest absolute Gasteiger partial charge is 0.336 e. The highest BCUT2D eigenvalue weighted by atomic mass is 32.2. The molecule has 1 aliphatic heterocycles. The van der Waals surface area contributed by atoms with E-state index in [4.69, 9.17) is 0 Å². The maximum absolute atomic E-state index is 12.9.